The van der Waals surface area contributed by atoms with Crippen LogP contribution in [0.25, 0.3) is 32.3 Å². The van der Waals surface area contributed by atoms with E-state index >= 15 is 0 Å². The minimum Gasteiger partial charge on any atom is -0.370 e. The molecule has 1 fully saturated rings. The standard InChI is InChI=1S/C23H22O/c1-3-20-14(2)13-21(24-20)18-11-9-17-8-7-15-5-4-6-16-10-12-19(18)23(17)22(15)16/h4-12,14,20-21H,3,13H2,1-2H3/t14?,20-,21-/m1/s1. The lowest BCUT2D eigenvalue weighted by Gasteiger charge is -2.18. The topological polar surface area (TPSA) is 9.23 Å². The Kier molecular flexibility index (Phi) is 3.08. The van der Waals surface area contributed by atoms with Crippen molar-refractivity contribution in [3.05, 3.63) is 60.2 Å². The zero-order valence-corrected chi connectivity index (χ0v) is 14.3. The normalized spacial score (nSPS) is 24.5. The van der Waals surface area contributed by atoms with Crippen LogP contribution in [-0.4, -0.2) is 6.10 Å². The Labute approximate surface area is 142 Å². The van der Waals surface area contributed by atoms with Crippen LogP contribution in [0.15, 0.2) is 54.6 Å². The molecule has 1 aliphatic rings. The van der Waals surface area contributed by atoms with Gasteiger partial charge in [0.1, 0.15) is 0 Å². The first-order valence-corrected chi connectivity index (χ1v) is 9.08. The van der Waals surface area contributed by atoms with Gasteiger partial charge in [-0.2, -0.15) is 0 Å². The van der Waals surface area contributed by atoms with Crippen LogP contribution < -0.4 is 0 Å². The lowest BCUT2D eigenvalue weighted by Crippen LogP contribution is -2.11. The maximum absolute atomic E-state index is 6.40. The molecule has 0 saturated carbocycles. The van der Waals surface area contributed by atoms with Gasteiger partial charge in [0.15, 0.2) is 0 Å². The van der Waals surface area contributed by atoms with Gasteiger partial charge in [0.25, 0.3) is 0 Å². The average Bonchev–Trinajstić information content (AvgIpc) is 3.00. The Hall–Kier alpha value is -2.12. The summed E-state index contributed by atoms with van der Waals surface area (Å²) in [6.45, 7) is 4.55. The van der Waals surface area contributed by atoms with Crippen molar-refractivity contribution in [1.82, 2.24) is 0 Å². The summed E-state index contributed by atoms with van der Waals surface area (Å²) in [6.07, 6.45) is 2.86. The van der Waals surface area contributed by atoms with Gasteiger partial charge in [-0.05, 0) is 56.6 Å². The highest BCUT2D eigenvalue weighted by Crippen LogP contribution is 2.43. The lowest BCUT2D eigenvalue weighted by molar-refractivity contribution is 0.0343. The molecule has 0 bridgehead atoms. The molecule has 0 aromatic heterocycles. The molecule has 1 aliphatic heterocycles. The molecule has 0 radical (unpaired) electrons. The highest BCUT2D eigenvalue weighted by atomic mass is 16.5. The van der Waals surface area contributed by atoms with E-state index in [0.29, 0.717) is 12.0 Å². The molecule has 3 atom stereocenters. The lowest BCUT2D eigenvalue weighted by atomic mass is 9.89. The number of hydrogen-bond donors (Lipinski definition) is 0. The van der Waals surface area contributed by atoms with Crippen molar-refractivity contribution >= 4 is 32.3 Å². The first kappa shape index (κ1) is 14.2. The van der Waals surface area contributed by atoms with Gasteiger partial charge in [0, 0.05) is 0 Å². The molecular weight excluding hydrogens is 292 g/mol. The van der Waals surface area contributed by atoms with Crippen LogP contribution in [-0.2, 0) is 4.74 Å². The van der Waals surface area contributed by atoms with E-state index in [9.17, 15) is 0 Å². The van der Waals surface area contributed by atoms with Crippen molar-refractivity contribution in [1.29, 1.82) is 0 Å². The van der Waals surface area contributed by atoms with Crippen LogP contribution in [0.1, 0.15) is 38.4 Å². The molecule has 0 spiro atoms. The summed E-state index contributed by atoms with van der Waals surface area (Å²) >= 11 is 0. The zero-order chi connectivity index (χ0) is 16.3. The number of rotatable bonds is 2. The summed E-state index contributed by atoms with van der Waals surface area (Å²) < 4.78 is 6.40. The molecule has 0 aliphatic carbocycles. The summed E-state index contributed by atoms with van der Waals surface area (Å²) in [5.41, 5.74) is 1.36. The fourth-order valence-corrected chi connectivity index (χ4v) is 4.63. The van der Waals surface area contributed by atoms with Gasteiger partial charge in [-0.25, -0.2) is 0 Å². The molecular formula is C23H22O. The molecule has 4 aromatic carbocycles. The van der Waals surface area contributed by atoms with Crippen molar-refractivity contribution in [3.63, 3.8) is 0 Å². The summed E-state index contributed by atoms with van der Waals surface area (Å²) in [6, 6.07) is 20.2. The van der Waals surface area contributed by atoms with E-state index in [1.54, 1.807) is 0 Å². The monoisotopic (exact) mass is 314 g/mol. The van der Waals surface area contributed by atoms with Gasteiger partial charge in [-0.1, -0.05) is 68.4 Å². The summed E-state index contributed by atoms with van der Waals surface area (Å²) in [5.74, 6) is 0.638. The fraction of sp³-hybridized carbons (Fsp3) is 0.304. The Morgan fingerprint density at radius 3 is 2.25 bits per heavy atom. The van der Waals surface area contributed by atoms with Crippen LogP contribution in [0.4, 0.5) is 0 Å². The van der Waals surface area contributed by atoms with Crippen molar-refractivity contribution in [2.45, 2.75) is 38.9 Å². The van der Waals surface area contributed by atoms with Crippen molar-refractivity contribution in [2.24, 2.45) is 5.92 Å². The van der Waals surface area contributed by atoms with E-state index in [2.05, 4.69) is 68.4 Å². The van der Waals surface area contributed by atoms with Gasteiger partial charge < -0.3 is 4.74 Å². The van der Waals surface area contributed by atoms with Crippen LogP contribution in [0, 0.1) is 5.92 Å². The summed E-state index contributed by atoms with van der Waals surface area (Å²) in [4.78, 5) is 0. The molecule has 120 valence electrons. The minimum absolute atomic E-state index is 0.231. The predicted molar refractivity (Wildman–Crippen MR) is 102 cm³/mol. The van der Waals surface area contributed by atoms with E-state index in [0.717, 1.165) is 12.8 Å². The molecule has 1 saturated heterocycles. The van der Waals surface area contributed by atoms with Gasteiger partial charge in [0.05, 0.1) is 12.2 Å². The Balaban J connectivity index is 1.79. The SMILES string of the molecule is CC[C@H]1O[C@@H](c2ccc3ccc4cccc5ccc2c3c45)CC1C. The minimum atomic E-state index is 0.231. The van der Waals surface area contributed by atoms with Crippen LogP contribution in [0.2, 0.25) is 0 Å². The molecule has 1 heterocycles. The third-order valence-electron chi connectivity index (χ3n) is 5.87. The zero-order valence-electron chi connectivity index (χ0n) is 14.3. The largest absolute Gasteiger partial charge is 0.370 e. The van der Waals surface area contributed by atoms with E-state index < -0.39 is 0 Å². The molecule has 24 heavy (non-hydrogen) atoms. The molecule has 1 nitrogen and oxygen atoms in total. The predicted octanol–water partition coefficient (Wildman–Crippen LogP) is 6.46. The van der Waals surface area contributed by atoms with Gasteiger partial charge >= 0.3 is 0 Å². The van der Waals surface area contributed by atoms with E-state index in [-0.39, 0.29) is 6.10 Å². The molecule has 0 amide bonds. The Bertz CT molecular complexity index is 1020. The molecule has 5 rings (SSSR count). The van der Waals surface area contributed by atoms with Crippen molar-refractivity contribution in [2.75, 3.05) is 0 Å². The number of benzene rings is 4. The van der Waals surface area contributed by atoms with Crippen molar-refractivity contribution < 1.29 is 4.74 Å². The second-order valence-electron chi connectivity index (χ2n) is 7.30. The second-order valence-corrected chi connectivity index (χ2v) is 7.30. The Morgan fingerprint density at radius 1 is 0.875 bits per heavy atom. The average molecular weight is 314 g/mol. The van der Waals surface area contributed by atoms with Crippen molar-refractivity contribution in [3.8, 4) is 0 Å². The molecule has 4 aromatic rings. The third-order valence-corrected chi connectivity index (χ3v) is 5.87. The maximum Gasteiger partial charge on any atom is 0.0838 e. The van der Waals surface area contributed by atoms with Crippen LogP contribution in [0.3, 0.4) is 0 Å². The molecule has 0 N–H and O–H groups in total. The highest BCUT2D eigenvalue weighted by Gasteiger charge is 2.32. The van der Waals surface area contributed by atoms with Gasteiger partial charge in [-0.15, -0.1) is 0 Å². The van der Waals surface area contributed by atoms with Crippen LogP contribution in [0.5, 0.6) is 0 Å². The highest BCUT2D eigenvalue weighted by molar-refractivity contribution is 6.23. The maximum atomic E-state index is 6.40. The summed E-state index contributed by atoms with van der Waals surface area (Å²) in [7, 11) is 0. The van der Waals surface area contributed by atoms with E-state index in [1.165, 1.54) is 37.9 Å². The first-order chi connectivity index (χ1) is 11.8. The second kappa shape index (κ2) is 5.19. The number of ether oxygens (including phenoxy) is 1. The smallest absolute Gasteiger partial charge is 0.0838 e. The van der Waals surface area contributed by atoms with Gasteiger partial charge in [0.2, 0.25) is 0 Å². The van der Waals surface area contributed by atoms with Gasteiger partial charge in [-0.3, -0.25) is 0 Å². The molecule has 1 heteroatoms. The number of hydrogen-bond acceptors (Lipinski definition) is 1. The first-order valence-electron chi connectivity index (χ1n) is 9.08. The van der Waals surface area contributed by atoms with E-state index in [1.807, 2.05) is 0 Å². The Morgan fingerprint density at radius 2 is 1.54 bits per heavy atom. The summed E-state index contributed by atoms with van der Waals surface area (Å²) in [5, 5.41) is 8.15. The quantitative estimate of drug-likeness (QED) is 0.386. The van der Waals surface area contributed by atoms with Crippen LogP contribution >= 0.6 is 0 Å². The molecule has 1 unspecified atom stereocenters. The third kappa shape index (κ3) is 1.91. The fourth-order valence-electron chi connectivity index (χ4n) is 4.63. The van der Waals surface area contributed by atoms with E-state index in [4.69, 9.17) is 4.74 Å².